The van der Waals surface area contributed by atoms with E-state index in [1.165, 1.54) is 10.7 Å². The Kier molecular flexibility index (Phi) is 7.18. The number of alkyl carbamates (subject to hydrolysis) is 1. The van der Waals surface area contributed by atoms with Crippen molar-refractivity contribution in [2.45, 2.75) is 65.2 Å². The van der Waals surface area contributed by atoms with Gasteiger partial charge in [-0.3, -0.25) is 0 Å². The van der Waals surface area contributed by atoms with Crippen molar-refractivity contribution in [3.63, 3.8) is 0 Å². The molecule has 2 atom stereocenters. The summed E-state index contributed by atoms with van der Waals surface area (Å²) in [7, 11) is 0. The molecule has 4 rings (SSSR count). The Morgan fingerprint density at radius 2 is 2.05 bits per heavy atom. The van der Waals surface area contributed by atoms with Gasteiger partial charge in [0.2, 0.25) is 0 Å². The SMILES string of the molecule is CCOC(=O)c1cnn2ccc(NC(C)c3c(F)c(F)cc4c3OC(C)(CNC(=O)OC(C)(C)C)C4)nc12. The van der Waals surface area contributed by atoms with E-state index in [1.807, 2.05) is 0 Å². The fourth-order valence-corrected chi connectivity index (χ4v) is 4.28. The van der Waals surface area contributed by atoms with Crippen LogP contribution >= 0.6 is 0 Å². The summed E-state index contributed by atoms with van der Waals surface area (Å²) in [5.74, 6) is -2.12. The molecule has 1 aliphatic rings. The number of anilines is 1. The van der Waals surface area contributed by atoms with E-state index in [0.717, 1.165) is 6.07 Å². The molecule has 1 aromatic carbocycles. The van der Waals surface area contributed by atoms with Crippen LogP contribution in [0.4, 0.5) is 19.4 Å². The van der Waals surface area contributed by atoms with Gasteiger partial charge in [0, 0.05) is 18.2 Å². The fraction of sp³-hybridized carbons (Fsp3) is 0.462. The van der Waals surface area contributed by atoms with E-state index in [1.54, 1.807) is 53.8 Å². The van der Waals surface area contributed by atoms with Crippen LogP contribution in [0.1, 0.15) is 69.1 Å². The average molecular weight is 532 g/mol. The molecule has 0 bridgehead atoms. The minimum absolute atomic E-state index is 0.0122. The van der Waals surface area contributed by atoms with E-state index in [0.29, 0.717) is 11.4 Å². The zero-order valence-corrected chi connectivity index (χ0v) is 22.1. The Balaban J connectivity index is 1.57. The Hall–Kier alpha value is -3.96. The standard InChI is InChI=1S/C26H31F2N5O5/c1-7-36-23(34)16-12-30-33-9-8-18(32-22(16)33)31-14(2)19-20(28)17(27)10-15-11-26(6,37-21(15)19)13-29-24(35)38-25(3,4)5/h8-10,12,14H,7,11,13H2,1-6H3,(H,29,35)(H,31,32). The molecule has 0 saturated carbocycles. The monoisotopic (exact) mass is 531 g/mol. The van der Waals surface area contributed by atoms with Gasteiger partial charge in [0.05, 0.1) is 31.0 Å². The summed E-state index contributed by atoms with van der Waals surface area (Å²) in [5.41, 5.74) is -0.723. The van der Waals surface area contributed by atoms with Crippen LogP contribution in [-0.2, 0) is 15.9 Å². The highest BCUT2D eigenvalue weighted by molar-refractivity contribution is 5.95. The molecular weight excluding hydrogens is 500 g/mol. The van der Waals surface area contributed by atoms with Crippen molar-refractivity contribution in [1.82, 2.24) is 19.9 Å². The molecule has 2 N–H and O–H groups in total. The van der Waals surface area contributed by atoms with Crippen LogP contribution < -0.4 is 15.4 Å². The molecule has 0 spiro atoms. The third-order valence-corrected chi connectivity index (χ3v) is 5.86. The zero-order chi connectivity index (χ0) is 27.8. The molecular formula is C26H31F2N5O5. The van der Waals surface area contributed by atoms with Crippen molar-refractivity contribution in [3.8, 4) is 5.75 Å². The first kappa shape index (κ1) is 27.1. The van der Waals surface area contributed by atoms with Gasteiger partial charge in [-0.25, -0.2) is 27.9 Å². The minimum atomic E-state index is -1.05. The number of aromatic nitrogens is 3. The smallest absolute Gasteiger partial charge is 0.407 e. The van der Waals surface area contributed by atoms with Crippen molar-refractivity contribution < 1.29 is 32.6 Å². The summed E-state index contributed by atoms with van der Waals surface area (Å²) in [5, 5.41) is 9.82. The molecule has 12 heteroatoms. The maximum absolute atomic E-state index is 15.1. The topological polar surface area (TPSA) is 116 Å². The number of nitrogens with zero attached hydrogens (tertiary/aromatic N) is 3. The molecule has 2 aromatic heterocycles. The lowest BCUT2D eigenvalue weighted by molar-refractivity contribution is 0.0446. The van der Waals surface area contributed by atoms with Crippen LogP contribution in [0.2, 0.25) is 0 Å². The van der Waals surface area contributed by atoms with Gasteiger partial charge in [-0.1, -0.05) is 0 Å². The summed E-state index contributed by atoms with van der Waals surface area (Å²) in [4.78, 5) is 28.8. The first-order valence-corrected chi connectivity index (χ1v) is 12.2. The third-order valence-electron chi connectivity index (χ3n) is 5.86. The van der Waals surface area contributed by atoms with Gasteiger partial charge in [0.1, 0.15) is 28.3 Å². The maximum Gasteiger partial charge on any atom is 0.407 e. The lowest BCUT2D eigenvalue weighted by Gasteiger charge is -2.27. The highest BCUT2D eigenvalue weighted by Gasteiger charge is 2.40. The van der Waals surface area contributed by atoms with Crippen molar-refractivity contribution in [2.75, 3.05) is 18.5 Å². The molecule has 0 fully saturated rings. The second-order valence-electron chi connectivity index (χ2n) is 10.4. The van der Waals surface area contributed by atoms with Crippen LogP contribution in [0, 0.1) is 11.6 Å². The number of halogens is 2. The molecule has 10 nitrogen and oxygen atoms in total. The van der Waals surface area contributed by atoms with E-state index in [4.69, 9.17) is 14.2 Å². The van der Waals surface area contributed by atoms with Gasteiger partial charge in [0.15, 0.2) is 17.3 Å². The van der Waals surface area contributed by atoms with Gasteiger partial charge in [-0.05, 0) is 53.7 Å². The molecule has 3 heterocycles. The normalized spacial score (nSPS) is 17.5. The molecule has 38 heavy (non-hydrogen) atoms. The predicted molar refractivity (Wildman–Crippen MR) is 134 cm³/mol. The van der Waals surface area contributed by atoms with Crippen LogP contribution in [0.15, 0.2) is 24.5 Å². The Labute approximate surface area is 218 Å². The van der Waals surface area contributed by atoms with Gasteiger partial charge in [-0.15, -0.1) is 0 Å². The Bertz CT molecular complexity index is 1390. The van der Waals surface area contributed by atoms with Crippen LogP contribution in [0.5, 0.6) is 5.75 Å². The van der Waals surface area contributed by atoms with E-state index in [2.05, 4.69) is 20.7 Å². The van der Waals surface area contributed by atoms with Gasteiger partial charge in [0.25, 0.3) is 0 Å². The number of benzene rings is 1. The summed E-state index contributed by atoms with van der Waals surface area (Å²) >= 11 is 0. The number of carbonyl (C=O) groups is 2. The molecule has 3 aromatic rings. The lowest BCUT2D eigenvalue weighted by atomic mass is 9.96. The number of hydrogen-bond acceptors (Lipinski definition) is 8. The molecule has 1 amide bonds. The van der Waals surface area contributed by atoms with Gasteiger partial charge >= 0.3 is 12.1 Å². The van der Waals surface area contributed by atoms with Crippen molar-refractivity contribution in [2.24, 2.45) is 0 Å². The highest BCUT2D eigenvalue weighted by Crippen LogP contribution is 2.43. The van der Waals surface area contributed by atoms with Crippen molar-refractivity contribution in [3.05, 3.63) is 52.9 Å². The van der Waals surface area contributed by atoms with Crippen LogP contribution in [-0.4, -0.2) is 51.0 Å². The number of ether oxygens (including phenoxy) is 3. The van der Waals surface area contributed by atoms with Crippen molar-refractivity contribution in [1.29, 1.82) is 0 Å². The molecule has 0 aliphatic carbocycles. The van der Waals surface area contributed by atoms with Crippen LogP contribution in [0.3, 0.4) is 0 Å². The Morgan fingerprint density at radius 3 is 2.74 bits per heavy atom. The Morgan fingerprint density at radius 1 is 1.32 bits per heavy atom. The highest BCUT2D eigenvalue weighted by atomic mass is 19.2. The summed E-state index contributed by atoms with van der Waals surface area (Å²) < 4.78 is 47.6. The molecule has 204 valence electrons. The second-order valence-corrected chi connectivity index (χ2v) is 10.4. The number of amides is 1. The quantitative estimate of drug-likeness (QED) is 0.426. The number of carbonyl (C=O) groups excluding carboxylic acids is 2. The van der Waals surface area contributed by atoms with E-state index >= 15 is 4.39 Å². The number of rotatable bonds is 7. The molecule has 1 aliphatic heterocycles. The third kappa shape index (κ3) is 5.63. The summed E-state index contributed by atoms with van der Waals surface area (Å²) in [6, 6.07) is 1.94. The van der Waals surface area contributed by atoms with Gasteiger partial charge in [-0.2, -0.15) is 5.10 Å². The van der Waals surface area contributed by atoms with Crippen molar-refractivity contribution >= 4 is 23.5 Å². The molecule has 0 saturated heterocycles. The largest absolute Gasteiger partial charge is 0.485 e. The second kappa shape index (κ2) is 10.1. The number of fused-ring (bicyclic) bond motifs is 2. The van der Waals surface area contributed by atoms with E-state index in [9.17, 15) is 14.0 Å². The minimum Gasteiger partial charge on any atom is -0.485 e. The predicted octanol–water partition coefficient (Wildman–Crippen LogP) is 4.58. The number of esters is 1. The number of hydrogen-bond donors (Lipinski definition) is 2. The number of nitrogens with one attached hydrogen (secondary N) is 2. The van der Waals surface area contributed by atoms with Gasteiger partial charge < -0.3 is 24.8 Å². The molecule has 2 unspecified atom stereocenters. The summed E-state index contributed by atoms with van der Waals surface area (Å²) in [6.45, 7) is 10.6. The first-order valence-electron chi connectivity index (χ1n) is 12.2. The first-order chi connectivity index (χ1) is 17.8. The average Bonchev–Trinajstić information content (AvgIpc) is 3.38. The lowest BCUT2D eigenvalue weighted by Crippen LogP contribution is -2.45. The summed E-state index contributed by atoms with van der Waals surface area (Å²) in [6.07, 6.45) is 2.57. The zero-order valence-electron chi connectivity index (χ0n) is 22.1. The van der Waals surface area contributed by atoms with E-state index in [-0.39, 0.29) is 42.1 Å². The maximum atomic E-state index is 15.1. The molecule has 0 radical (unpaired) electrons. The fourth-order valence-electron chi connectivity index (χ4n) is 4.28. The van der Waals surface area contributed by atoms with E-state index < -0.39 is 40.9 Å². The van der Waals surface area contributed by atoms with Crippen LogP contribution in [0.25, 0.3) is 5.65 Å².